The summed E-state index contributed by atoms with van der Waals surface area (Å²) < 4.78 is 40.2. The predicted octanol–water partition coefficient (Wildman–Crippen LogP) is 4.29. The summed E-state index contributed by atoms with van der Waals surface area (Å²) in [7, 11) is -3.50. The molecule has 0 N–H and O–H groups in total. The van der Waals surface area contributed by atoms with Gasteiger partial charge in [0.1, 0.15) is 0 Å². The highest BCUT2D eigenvalue weighted by atomic mass is 32.2. The molecule has 1 fully saturated rings. The van der Waals surface area contributed by atoms with Gasteiger partial charge >= 0.3 is 0 Å². The number of furan rings is 1. The molecular formula is C22H23N5O4S2. The molecule has 1 aromatic carbocycles. The van der Waals surface area contributed by atoms with E-state index < -0.39 is 10.0 Å². The van der Waals surface area contributed by atoms with Crippen LogP contribution in [-0.2, 0) is 22.3 Å². The van der Waals surface area contributed by atoms with Crippen molar-refractivity contribution in [3.8, 4) is 22.9 Å². The molecule has 9 nitrogen and oxygen atoms in total. The standard InChI is InChI=1S/C22H23N5O4S2/c1-2-27-21(16-7-5-8-18(13-16)33(28,29)26-10-3-4-11-26)23-24-22(27)32-15-17-14-20(31-25-17)19-9-6-12-30-19/h5-9,12-14H,2-4,10-11,15H2,1H3. The molecule has 5 rings (SSSR count). The normalized spacial score (nSPS) is 14.8. The Kier molecular flexibility index (Phi) is 6.09. The molecule has 11 heteroatoms. The highest BCUT2D eigenvalue weighted by Crippen LogP contribution is 2.30. The third-order valence-corrected chi connectivity index (χ3v) is 8.40. The Labute approximate surface area is 195 Å². The molecule has 0 spiro atoms. The monoisotopic (exact) mass is 485 g/mol. The van der Waals surface area contributed by atoms with E-state index >= 15 is 0 Å². The van der Waals surface area contributed by atoms with Gasteiger partial charge in [-0.2, -0.15) is 4.31 Å². The fourth-order valence-corrected chi connectivity index (χ4v) is 6.27. The highest BCUT2D eigenvalue weighted by Gasteiger charge is 2.27. The van der Waals surface area contributed by atoms with Crippen LogP contribution in [0.2, 0.25) is 0 Å². The lowest BCUT2D eigenvalue weighted by Crippen LogP contribution is -2.27. The largest absolute Gasteiger partial charge is 0.461 e. The summed E-state index contributed by atoms with van der Waals surface area (Å²) in [6, 6.07) is 12.4. The fraction of sp³-hybridized carbons (Fsp3) is 0.318. The van der Waals surface area contributed by atoms with Crippen LogP contribution in [0.5, 0.6) is 0 Å². The zero-order valence-electron chi connectivity index (χ0n) is 18.0. The molecule has 0 saturated carbocycles. The van der Waals surface area contributed by atoms with E-state index in [0.29, 0.717) is 42.7 Å². The Balaban J connectivity index is 1.36. The average Bonchev–Trinajstić information content (AvgIpc) is 3.64. The Morgan fingerprint density at radius 3 is 2.67 bits per heavy atom. The third-order valence-electron chi connectivity index (χ3n) is 5.50. The Bertz CT molecular complexity index is 1340. The molecule has 33 heavy (non-hydrogen) atoms. The van der Waals surface area contributed by atoms with Crippen molar-refractivity contribution in [3.63, 3.8) is 0 Å². The predicted molar refractivity (Wildman–Crippen MR) is 123 cm³/mol. The number of nitrogens with zero attached hydrogens (tertiary/aromatic N) is 5. The molecule has 4 aromatic rings. The molecule has 0 unspecified atom stereocenters. The van der Waals surface area contributed by atoms with Crippen molar-refractivity contribution in [2.24, 2.45) is 0 Å². The zero-order valence-corrected chi connectivity index (χ0v) is 19.7. The molecule has 1 aliphatic rings. The summed E-state index contributed by atoms with van der Waals surface area (Å²) in [5.41, 5.74) is 1.48. The number of sulfonamides is 1. The van der Waals surface area contributed by atoms with E-state index in [1.54, 1.807) is 34.8 Å². The molecule has 3 aromatic heterocycles. The summed E-state index contributed by atoms with van der Waals surface area (Å²) >= 11 is 1.49. The maximum atomic E-state index is 13.0. The smallest absolute Gasteiger partial charge is 0.243 e. The Morgan fingerprint density at radius 1 is 1.06 bits per heavy atom. The summed E-state index contributed by atoms with van der Waals surface area (Å²) in [6.07, 6.45) is 3.39. The van der Waals surface area contributed by atoms with Crippen LogP contribution in [0.1, 0.15) is 25.5 Å². The van der Waals surface area contributed by atoms with Gasteiger partial charge in [-0.25, -0.2) is 8.42 Å². The number of benzene rings is 1. The summed E-state index contributed by atoms with van der Waals surface area (Å²) in [6.45, 7) is 3.79. The Morgan fingerprint density at radius 2 is 1.91 bits per heavy atom. The lowest BCUT2D eigenvalue weighted by molar-refractivity contribution is 0.413. The van der Waals surface area contributed by atoms with E-state index in [-0.39, 0.29) is 4.90 Å². The number of thioether (sulfide) groups is 1. The second-order valence-electron chi connectivity index (χ2n) is 7.64. The van der Waals surface area contributed by atoms with Gasteiger partial charge in [-0.3, -0.25) is 0 Å². The van der Waals surface area contributed by atoms with Crippen molar-refractivity contribution >= 4 is 21.8 Å². The zero-order chi connectivity index (χ0) is 22.8. The van der Waals surface area contributed by atoms with E-state index in [9.17, 15) is 8.42 Å². The molecule has 1 saturated heterocycles. The van der Waals surface area contributed by atoms with Crippen LogP contribution < -0.4 is 0 Å². The quantitative estimate of drug-likeness (QED) is 0.340. The van der Waals surface area contributed by atoms with Crippen LogP contribution in [0.4, 0.5) is 0 Å². The van der Waals surface area contributed by atoms with Gasteiger partial charge in [0.25, 0.3) is 0 Å². The van der Waals surface area contributed by atoms with Crippen LogP contribution in [0, 0.1) is 0 Å². The molecule has 0 aliphatic carbocycles. The number of rotatable bonds is 8. The van der Waals surface area contributed by atoms with Crippen LogP contribution in [0.3, 0.4) is 0 Å². The van der Waals surface area contributed by atoms with Crippen molar-refractivity contribution in [3.05, 3.63) is 54.4 Å². The summed E-state index contributed by atoms with van der Waals surface area (Å²) in [5.74, 6) is 2.38. The van der Waals surface area contributed by atoms with Crippen molar-refractivity contribution in [2.75, 3.05) is 13.1 Å². The summed E-state index contributed by atoms with van der Waals surface area (Å²) in [5, 5.41) is 13.5. The lowest BCUT2D eigenvalue weighted by atomic mass is 10.2. The molecule has 4 heterocycles. The van der Waals surface area contributed by atoms with Gasteiger partial charge in [-0.05, 0) is 44.0 Å². The summed E-state index contributed by atoms with van der Waals surface area (Å²) in [4.78, 5) is 0.287. The van der Waals surface area contributed by atoms with Gasteiger partial charge in [-0.1, -0.05) is 29.1 Å². The fourth-order valence-electron chi connectivity index (χ4n) is 3.82. The van der Waals surface area contributed by atoms with Crippen LogP contribution >= 0.6 is 11.8 Å². The first-order valence-electron chi connectivity index (χ1n) is 10.7. The van der Waals surface area contributed by atoms with Crippen molar-refractivity contribution in [2.45, 2.75) is 42.1 Å². The maximum absolute atomic E-state index is 13.0. The second kappa shape index (κ2) is 9.16. The van der Waals surface area contributed by atoms with Gasteiger partial charge in [0, 0.05) is 37.0 Å². The van der Waals surface area contributed by atoms with Crippen LogP contribution in [0.25, 0.3) is 22.9 Å². The van der Waals surface area contributed by atoms with E-state index in [0.717, 1.165) is 29.3 Å². The van der Waals surface area contributed by atoms with Crippen LogP contribution in [-0.4, -0.2) is 45.7 Å². The molecule has 0 atom stereocenters. The second-order valence-corrected chi connectivity index (χ2v) is 10.5. The number of hydrogen-bond acceptors (Lipinski definition) is 8. The van der Waals surface area contributed by atoms with E-state index in [1.807, 2.05) is 29.7 Å². The van der Waals surface area contributed by atoms with E-state index in [2.05, 4.69) is 15.4 Å². The first-order chi connectivity index (χ1) is 16.1. The van der Waals surface area contributed by atoms with Gasteiger partial charge in [0.2, 0.25) is 15.8 Å². The van der Waals surface area contributed by atoms with Crippen molar-refractivity contribution in [1.29, 1.82) is 0 Å². The van der Waals surface area contributed by atoms with Crippen molar-refractivity contribution in [1.82, 2.24) is 24.2 Å². The van der Waals surface area contributed by atoms with Crippen molar-refractivity contribution < 1.29 is 17.4 Å². The average molecular weight is 486 g/mol. The van der Waals surface area contributed by atoms with Gasteiger partial charge in [0.05, 0.1) is 16.9 Å². The molecular weight excluding hydrogens is 462 g/mol. The minimum Gasteiger partial charge on any atom is -0.461 e. The SMILES string of the molecule is CCn1c(SCc2cc(-c3ccco3)on2)nnc1-c1cccc(S(=O)(=O)N2CCCC2)c1. The minimum absolute atomic E-state index is 0.287. The lowest BCUT2D eigenvalue weighted by Gasteiger charge is -2.16. The van der Waals surface area contributed by atoms with Gasteiger partial charge in [-0.15, -0.1) is 10.2 Å². The van der Waals surface area contributed by atoms with Crippen LogP contribution in [0.15, 0.2) is 67.7 Å². The first-order valence-corrected chi connectivity index (χ1v) is 13.1. The van der Waals surface area contributed by atoms with E-state index in [4.69, 9.17) is 8.94 Å². The molecule has 0 bridgehead atoms. The Hall–Kier alpha value is -2.89. The molecule has 172 valence electrons. The minimum atomic E-state index is -3.50. The van der Waals surface area contributed by atoms with Gasteiger partial charge < -0.3 is 13.5 Å². The highest BCUT2D eigenvalue weighted by molar-refractivity contribution is 7.98. The first kappa shape index (κ1) is 21.9. The van der Waals surface area contributed by atoms with E-state index in [1.165, 1.54) is 11.8 Å². The topological polar surface area (TPSA) is 107 Å². The number of hydrogen-bond donors (Lipinski definition) is 0. The molecule has 1 aliphatic heterocycles. The maximum Gasteiger partial charge on any atom is 0.243 e. The number of aromatic nitrogens is 4. The molecule has 0 amide bonds. The van der Waals surface area contributed by atoms with Gasteiger partial charge in [0.15, 0.2) is 16.7 Å². The third kappa shape index (κ3) is 4.35. The molecule has 0 radical (unpaired) electrons.